The van der Waals surface area contributed by atoms with E-state index in [2.05, 4.69) is 4.90 Å². The van der Waals surface area contributed by atoms with Gasteiger partial charge in [0, 0.05) is 18.6 Å². The molecule has 1 saturated heterocycles. The van der Waals surface area contributed by atoms with E-state index in [1.807, 2.05) is 27.7 Å². The molecule has 1 N–H and O–H groups in total. The van der Waals surface area contributed by atoms with E-state index in [0.717, 1.165) is 0 Å². The van der Waals surface area contributed by atoms with Crippen LogP contribution in [-0.2, 0) is 0 Å². The van der Waals surface area contributed by atoms with Crippen molar-refractivity contribution in [3.63, 3.8) is 0 Å². The molecule has 1 heterocycles. The monoisotopic (exact) mass is 189 g/mol. The predicted octanol–water partition coefficient (Wildman–Crippen LogP) is 1.43. The molecule has 0 saturated carbocycles. The van der Waals surface area contributed by atoms with Crippen molar-refractivity contribution in [1.82, 2.24) is 4.90 Å². The SMILES string of the molecule is CC(C)[C@H]1[C@H](O)[C@@H](F)CN1C(C)C. The second-order valence-electron chi connectivity index (χ2n) is 4.53. The highest BCUT2D eigenvalue weighted by Gasteiger charge is 2.43. The minimum atomic E-state index is -1.07. The Morgan fingerprint density at radius 3 is 2.15 bits per heavy atom. The van der Waals surface area contributed by atoms with Gasteiger partial charge in [-0.25, -0.2) is 4.39 Å². The summed E-state index contributed by atoms with van der Waals surface area (Å²) in [5.41, 5.74) is 0. The molecule has 0 aromatic heterocycles. The van der Waals surface area contributed by atoms with Crippen molar-refractivity contribution >= 4 is 0 Å². The Hall–Kier alpha value is -0.150. The highest BCUT2D eigenvalue weighted by molar-refractivity contribution is 4.96. The third-order valence-corrected chi connectivity index (χ3v) is 2.84. The molecule has 3 heteroatoms. The van der Waals surface area contributed by atoms with Gasteiger partial charge in [0.2, 0.25) is 0 Å². The number of alkyl halides is 1. The minimum Gasteiger partial charge on any atom is -0.388 e. The van der Waals surface area contributed by atoms with Crippen LogP contribution in [0.4, 0.5) is 4.39 Å². The standard InChI is InChI=1S/C10H20FNO/c1-6(2)9-10(13)8(11)5-12(9)7(3)4/h6-10,13H,5H2,1-4H3/t8-,9-,10+/m0/s1. The summed E-state index contributed by atoms with van der Waals surface area (Å²) in [5.74, 6) is 0.304. The van der Waals surface area contributed by atoms with Gasteiger partial charge in [0.15, 0.2) is 0 Å². The van der Waals surface area contributed by atoms with Crippen LogP contribution < -0.4 is 0 Å². The van der Waals surface area contributed by atoms with Gasteiger partial charge in [0.25, 0.3) is 0 Å². The molecule has 0 amide bonds. The molecule has 0 aliphatic carbocycles. The molecule has 0 aromatic rings. The number of aliphatic hydroxyl groups excluding tert-OH is 1. The Kier molecular flexibility index (Phi) is 3.30. The molecule has 3 atom stereocenters. The minimum absolute atomic E-state index is 0.0185. The van der Waals surface area contributed by atoms with Crippen molar-refractivity contribution in [2.75, 3.05) is 6.54 Å². The Labute approximate surface area is 79.7 Å². The van der Waals surface area contributed by atoms with Crippen molar-refractivity contribution in [1.29, 1.82) is 0 Å². The number of likely N-dealkylation sites (tertiary alicyclic amines) is 1. The van der Waals surface area contributed by atoms with Gasteiger partial charge >= 0.3 is 0 Å². The molecule has 1 aliphatic heterocycles. The molecule has 0 bridgehead atoms. The lowest BCUT2D eigenvalue weighted by molar-refractivity contribution is 0.0517. The lowest BCUT2D eigenvalue weighted by atomic mass is 9.98. The molecule has 0 spiro atoms. The average Bonchev–Trinajstić information content (AvgIpc) is 2.28. The first-order chi connectivity index (χ1) is 5.95. The van der Waals surface area contributed by atoms with Crippen LogP contribution >= 0.6 is 0 Å². The first kappa shape index (κ1) is 10.9. The largest absolute Gasteiger partial charge is 0.388 e. The van der Waals surface area contributed by atoms with Crippen LogP contribution in [-0.4, -0.2) is 40.9 Å². The summed E-state index contributed by atoms with van der Waals surface area (Å²) < 4.78 is 13.2. The summed E-state index contributed by atoms with van der Waals surface area (Å²) >= 11 is 0. The zero-order chi connectivity index (χ0) is 10.2. The van der Waals surface area contributed by atoms with E-state index in [-0.39, 0.29) is 6.04 Å². The maximum absolute atomic E-state index is 13.2. The number of nitrogens with zero attached hydrogens (tertiary/aromatic N) is 1. The Morgan fingerprint density at radius 1 is 1.31 bits per heavy atom. The molecular formula is C10H20FNO. The van der Waals surface area contributed by atoms with E-state index in [1.54, 1.807) is 0 Å². The molecule has 2 nitrogen and oxygen atoms in total. The van der Waals surface area contributed by atoms with E-state index < -0.39 is 12.3 Å². The first-order valence-electron chi connectivity index (χ1n) is 5.03. The maximum atomic E-state index is 13.2. The third-order valence-electron chi connectivity index (χ3n) is 2.84. The summed E-state index contributed by atoms with van der Waals surface area (Å²) in [6.45, 7) is 8.52. The van der Waals surface area contributed by atoms with Crippen LogP contribution in [0.5, 0.6) is 0 Å². The summed E-state index contributed by atoms with van der Waals surface area (Å²) in [6, 6.07) is 0.290. The van der Waals surface area contributed by atoms with Crippen molar-refractivity contribution in [2.45, 2.75) is 52.1 Å². The van der Waals surface area contributed by atoms with Gasteiger partial charge in [-0.1, -0.05) is 13.8 Å². The molecule has 1 rings (SSSR count). The molecule has 0 radical (unpaired) electrons. The molecule has 13 heavy (non-hydrogen) atoms. The predicted molar refractivity (Wildman–Crippen MR) is 51.4 cm³/mol. The fourth-order valence-corrected chi connectivity index (χ4v) is 2.17. The van der Waals surface area contributed by atoms with E-state index >= 15 is 0 Å². The van der Waals surface area contributed by atoms with Crippen molar-refractivity contribution in [3.8, 4) is 0 Å². The maximum Gasteiger partial charge on any atom is 0.140 e. The van der Waals surface area contributed by atoms with Crippen LogP contribution in [0.2, 0.25) is 0 Å². The van der Waals surface area contributed by atoms with E-state index in [1.165, 1.54) is 0 Å². The molecule has 0 unspecified atom stereocenters. The summed E-state index contributed by atoms with van der Waals surface area (Å²) in [7, 11) is 0. The van der Waals surface area contributed by atoms with Gasteiger partial charge in [-0.3, -0.25) is 4.90 Å². The molecular weight excluding hydrogens is 169 g/mol. The van der Waals surface area contributed by atoms with E-state index in [0.29, 0.717) is 18.5 Å². The Morgan fingerprint density at radius 2 is 1.85 bits per heavy atom. The fourth-order valence-electron chi connectivity index (χ4n) is 2.17. The van der Waals surface area contributed by atoms with E-state index in [9.17, 15) is 9.50 Å². The molecule has 1 aliphatic rings. The number of aliphatic hydroxyl groups is 1. The number of halogens is 1. The van der Waals surface area contributed by atoms with Crippen molar-refractivity contribution in [2.24, 2.45) is 5.92 Å². The highest BCUT2D eigenvalue weighted by Crippen LogP contribution is 2.28. The highest BCUT2D eigenvalue weighted by atomic mass is 19.1. The quantitative estimate of drug-likeness (QED) is 0.710. The third kappa shape index (κ3) is 2.02. The van der Waals surface area contributed by atoms with Gasteiger partial charge in [-0.2, -0.15) is 0 Å². The molecule has 1 fully saturated rings. The van der Waals surface area contributed by atoms with Crippen LogP contribution in [0, 0.1) is 5.92 Å². The lowest BCUT2D eigenvalue weighted by Gasteiger charge is -2.31. The summed E-state index contributed by atoms with van der Waals surface area (Å²) in [6.07, 6.45) is -1.88. The molecule has 78 valence electrons. The smallest absolute Gasteiger partial charge is 0.140 e. The zero-order valence-electron chi connectivity index (χ0n) is 8.87. The van der Waals surface area contributed by atoms with Crippen LogP contribution in [0.1, 0.15) is 27.7 Å². The summed E-state index contributed by atoms with van der Waals surface area (Å²) in [5, 5.41) is 9.63. The topological polar surface area (TPSA) is 23.5 Å². The summed E-state index contributed by atoms with van der Waals surface area (Å²) in [4.78, 5) is 2.06. The fraction of sp³-hybridized carbons (Fsp3) is 1.00. The molecule has 0 aromatic carbocycles. The number of hydrogen-bond donors (Lipinski definition) is 1. The second kappa shape index (κ2) is 3.93. The Bertz CT molecular complexity index is 172. The van der Waals surface area contributed by atoms with Gasteiger partial charge < -0.3 is 5.11 Å². The normalized spacial score (nSPS) is 36.5. The Balaban J connectivity index is 2.74. The van der Waals surface area contributed by atoms with Crippen molar-refractivity contribution < 1.29 is 9.50 Å². The van der Waals surface area contributed by atoms with E-state index in [4.69, 9.17) is 0 Å². The van der Waals surface area contributed by atoms with Crippen LogP contribution in [0.3, 0.4) is 0 Å². The first-order valence-corrected chi connectivity index (χ1v) is 5.03. The number of hydrogen-bond acceptors (Lipinski definition) is 2. The van der Waals surface area contributed by atoms with Crippen LogP contribution in [0.25, 0.3) is 0 Å². The van der Waals surface area contributed by atoms with Gasteiger partial charge in [-0.05, 0) is 19.8 Å². The zero-order valence-corrected chi connectivity index (χ0v) is 8.87. The second-order valence-corrected chi connectivity index (χ2v) is 4.53. The lowest BCUT2D eigenvalue weighted by Crippen LogP contribution is -2.43. The van der Waals surface area contributed by atoms with Crippen molar-refractivity contribution in [3.05, 3.63) is 0 Å². The van der Waals surface area contributed by atoms with Crippen LogP contribution in [0.15, 0.2) is 0 Å². The van der Waals surface area contributed by atoms with Gasteiger partial charge in [0.1, 0.15) is 12.3 Å². The van der Waals surface area contributed by atoms with Gasteiger partial charge in [0.05, 0.1) is 0 Å². The van der Waals surface area contributed by atoms with Gasteiger partial charge in [-0.15, -0.1) is 0 Å². The average molecular weight is 189 g/mol. The number of rotatable bonds is 2.